The van der Waals surface area contributed by atoms with Crippen LogP contribution in [-0.4, -0.2) is 32.6 Å². The van der Waals surface area contributed by atoms with Crippen LogP contribution in [0.4, 0.5) is 0 Å². The van der Waals surface area contributed by atoms with Crippen molar-refractivity contribution in [2.75, 3.05) is 6.54 Å². The minimum absolute atomic E-state index is 0.241. The number of rotatable bonds is 5. The lowest BCUT2D eigenvalue weighted by Crippen LogP contribution is -2.26. The lowest BCUT2D eigenvalue weighted by atomic mass is 10.2. The molecule has 102 valence electrons. The number of nitrogens with one attached hydrogen (secondary N) is 2. The van der Waals surface area contributed by atoms with Crippen molar-refractivity contribution in [3.05, 3.63) is 41.2 Å². The zero-order valence-corrected chi connectivity index (χ0v) is 11.1. The topological polar surface area (TPSA) is 107 Å². The van der Waals surface area contributed by atoms with Crippen LogP contribution in [0.3, 0.4) is 0 Å². The third-order valence-electron chi connectivity index (χ3n) is 2.78. The molecule has 0 aliphatic heterocycles. The molecule has 0 bridgehead atoms. The second-order valence-electron chi connectivity index (χ2n) is 4.23. The molecule has 0 saturated carbocycles. The maximum absolute atomic E-state index is 11.9. The first-order chi connectivity index (χ1) is 9.70. The molecular formula is C13H14N6O. The number of carbonyl (C=O) groups is 1. The number of nitriles is 1. The Bertz CT molecular complexity index is 629. The quantitative estimate of drug-likeness (QED) is 0.779. The average molecular weight is 270 g/mol. The highest BCUT2D eigenvalue weighted by Crippen LogP contribution is 2.05. The fraction of sp³-hybridized carbons (Fsp3) is 0.308. The van der Waals surface area contributed by atoms with E-state index in [2.05, 4.69) is 25.5 Å². The molecule has 0 unspecified atom stereocenters. The molecule has 0 aliphatic carbocycles. The Kier molecular flexibility index (Phi) is 4.39. The van der Waals surface area contributed by atoms with Gasteiger partial charge < -0.3 is 5.32 Å². The molecule has 0 saturated heterocycles. The number of aromatic amines is 1. The Hall–Kier alpha value is -2.75. The van der Waals surface area contributed by atoms with Crippen LogP contribution in [0, 0.1) is 18.3 Å². The minimum atomic E-state index is -0.241. The maximum Gasteiger partial charge on any atom is 0.269 e. The van der Waals surface area contributed by atoms with Crippen molar-refractivity contribution in [2.45, 2.75) is 19.8 Å². The van der Waals surface area contributed by atoms with Crippen molar-refractivity contribution < 1.29 is 4.79 Å². The monoisotopic (exact) mass is 270 g/mol. The highest BCUT2D eigenvalue weighted by molar-refractivity contribution is 5.92. The van der Waals surface area contributed by atoms with Gasteiger partial charge in [-0.15, -0.1) is 0 Å². The van der Waals surface area contributed by atoms with Crippen LogP contribution in [-0.2, 0) is 6.42 Å². The van der Waals surface area contributed by atoms with Gasteiger partial charge in [0.05, 0.1) is 11.3 Å². The number of amides is 1. The summed E-state index contributed by atoms with van der Waals surface area (Å²) in [6, 6.07) is 5.17. The molecule has 0 radical (unpaired) electrons. The predicted octanol–water partition coefficient (Wildman–Crippen LogP) is 0.742. The van der Waals surface area contributed by atoms with E-state index >= 15 is 0 Å². The lowest BCUT2D eigenvalue weighted by Gasteiger charge is -2.05. The molecule has 2 aromatic rings. The molecule has 2 aromatic heterocycles. The van der Waals surface area contributed by atoms with Gasteiger partial charge in [-0.1, -0.05) is 0 Å². The first kappa shape index (κ1) is 13.7. The van der Waals surface area contributed by atoms with Crippen LogP contribution < -0.4 is 5.32 Å². The van der Waals surface area contributed by atoms with Crippen LogP contribution in [0.2, 0.25) is 0 Å². The summed E-state index contributed by atoms with van der Waals surface area (Å²) in [5.41, 5.74) is 1.36. The van der Waals surface area contributed by atoms with Crippen molar-refractivity contribution in [1.82, 2.24) is 25.5 Å². The Morgan fingerprint density at radius 3 is 3.00 bits per heavy atom. The van der Waals surface area contributed by atoms with Gasteiger partial charge in [0.1, 0.15) is 23.9 Å². The summed E-state index contributed by atoms with van der Waals surface area (Å²) < 4.78 is 0. The first-order valence-electron chi connectivity index (χ1n) is 6.21. The number of aryl methyl sites for hydroxylation is 2. The molecular weight excluding hydrogens is 256 g/mol. The molecule has 1 amide bonds. The fourth-order valence-corrected chi connectivity index (χ4v) is 1.71. The molecule has 0 spiro atoms. The molecule has 0 aromatic carbocycles. The van der Waals surface area contributed by atoms with E-state index in [1.54, 1.807) is 19.1 Å². The minimum Gasteiger partial charge on any atom is -0.351 e. The number of H-pyrrole nitrogens is 1. The summed E-state index contributed by atoms with van der Waals surface area (Å²) in [7, 11) is 0. The molecule has 0 aliphatic rings. The molecule has 2 heterocycles. The maximum atomic E-state index is 11.9. The van der Waals surface area contributed by atoms with Crippen LogP contribution in [0.25, 0.3) is 0 Å². The predicted molar refractivity (Wildman–Crippen MR) is 70.7 cm³/mol. The molecule has 0 fully saturated rings. The van der Waals surface area contributed by atoms with Crippen LogP contribution in [0.5, 0.6) is 0 Å². The third kappa shape index (κ3) is 3.38. The average Bonchev–Trinajstić information content (AvgIpc) is 2.96. The number of pyridine rings is 1. The number of aromatic nitrogens is 4. The SMILES string of the molecule is Cc1nc(C(=O)NCCCc2ncn[nH]2)ccc1C#N. The second kappa shape index (κ2) is 6.43. The highest BCUT2D eigenvalue weighted by Gasteiger charge is 2.08. The summed E-state index contributed by atoms with van der Waals surface area (Å²) in [5.74, 6) is 0.557. The number of nitrogens with zero attached hydrogens (tertiary/aromatic N) is 4. The molecule has 0 atom stereocenters. The molecule has 7 heteroatoms. The smallest absolute Gasteiger partial charge is 0.269 e. The largest absolute Gasteiger partial charge is 0.351 e. The van der Waals surface area contributed by atoms with E-state index in [0.717, 1.165) is 18.7 Å². The molecule has 20 heavy (non-hydrogen) atoms. The van der Waals surface area contributed by atoms with Gasteiger partial charge in [-0.05, 0) is 25.5 Å². The summed E-state index contributed by atoms with van der Waals surface area (Å²) in [5, 5.41) is 18.1. The van der Waals surface area contributed by atoms with Gasteiger partial charge in [0.2, 0.25) is 0 Å². The second-order valence-corrected chi connectivity index (χ2v) is 4.23. The highest BCUT2D eigenvalue weighted by atomic mass is 16.1. The van der Waals surface area contributed by atoms with Gasteiger partial charge >= 0.3 is 0 Å². The van der Waals surface area contributed by atoms with Crippen LogP contribution >= 0.6 is 0 Å². The Morgan fingerprint density at radius 2 is 2.35 bits per heavy atom. The van der Waals surface area contributed by atoms with Gasteiger partial charge in [0.25, 0.3) is 5.91 Å². The van der Waals surface area contributed by atoms with Crippen LogP contribution in [0.1, 0.15) is 34.0 Å². The summed E-state index contributed by atoms with van der Waals surface area (Å²) in [4.78, 5) is 20.0. The summed E-state index contributed by atoms with van der Waals surface area (Å²) in [6.45, 7) is 2.24. The van der Waals surface area contributed by atoms with Gasteiger partial charge in [-0.25, -0.2) is 9.97 Å². The van der Waals surface area contributed by atoms with E-state index < -0.39 is 0 Å². The van der Waals surface area contributed by atoms with Gasteiger partial charge in [-0.3, -0.25) is 9.89 Å². The van der Waals surface area contributed by atoms with Crippen molar-refractivity contribution in [2.24, 2.45) is 0 Å². The third-order valence-corrected chi connectivity index (χ3v) is 2.78. The van der Waals surface area contributed by atoms with Gasteiger partial charge in [-0.2, -0.15) is 10.4 Å². The number of hydrogen-bond acceptors (Lipinski definition) is 5. The fourth-order valence-electron chi connectivity index (χ4n) is 1.71. The van der Waals surface area contributed by atoms with Crippen molar-refractivity contribution >= 4 is 5.91 Å². The number of carbonyl (C=O) groups excluding carboxylic acids is 1. The normalized spacial score (nSPS) is 10.0. The Labute approximate surface area is 116 Å². The van der Waals surface area contributed by atoms with E-state index in [9.17, 15) is 4.79 Å². The Balaban J connectivity index is 1.83. The van der Waals surface area contributed by atoms with Crippen molar-refractivity contribution in [1.29, 1.82) is 5.26 Å². The van der Waals surface area contributed by atoms with E-state index in [0.29, 0.717) is 23.5 Å². The van der Waals surface area contributed by atoms with Crippen LogP contribution in [0.15, 0.2) is 18.5 Å². The van der Waals surface area contributed by atoms with Crippen molar-refractivity contribution in [3.63, 3.8) is 0 Å². The van der Waals surface area contributed by atoms with E-state index in [1.165, 1.54) is 6.33 Å². The number of hydrogen-bond donors (Lipinski definition) is 2. The standard InChI is InChI=1S/C13H14N6O/c1-9-10(7-14)4-5-11(18-9)13(20)15-6-2-3-12-16-8-17-19-12/h4-5,8H,2-3,6H2,1H3,(H,15,20)(H,16,17,19). The van der Waals surface area contributed by atoms with E-state index in [-0.39, 0.29) is 5.91 Å². The lowest BCUT2D eigenvalue weighted by molar-refractivity contribution is 0.0948. The summed E-state index contributed by atoms with van der Waals surface area (Å²) in [6.07, 6.45) is 2.94. The molecule has 2 N–H and O–H groups in total. The van der Waals surface area contributed by atoms with Crippen molar-refractivity contribution in [3.8, 4) is 6.07 Å². The Morgan fingerprint density at radius 1 is 1.50 bits per heavy atom. The van der Waals surface area contributed by atoms with E-state index in [4.69, 9.17) is 5.26 Å². The summed E-state index contributed by atoms with van der Waals surface area (Å²) >= 11 is 0. The molecule has 2 rings (SSSR count). The zero-order chi connectivity index (χ0) is 14.4. The zero-order valence-electron chi connectivity index (χ0n) is 11.1. The first-order valence-corrected chi connectivity index (χ1v) is 6.21. The molecule has 7 nitrogen and oxygen atoms in total. The van der Waals surface area contributed by atoms with E-state index in [1.807, 2.05) is 6.07 Å². The van der Waals surface area contributed by atoms with Gasteiger partial charge in [0, 0.05) is 13.0 Å². The van der Waals surface area contributed by atoms with Gasteiger partial charge in [0.15, 0.2) is 0 Å².